The number of piperidine rings is 1. The molecule has 76 valence electrons. The summed E-state index contributed by atoms with van der Waals surface area (Å²) in [7, 11) is 0. The van der Waals surface area contributed by atoms with E-state index >= 15 is 0 Å². The SMILES string of the molecule is [2H]c1c(Br)nnc(N2C([2H])([2H])C([2H])([2H])C([2H])(C([2H])([2H])[2H])C([2H])([2H])C2([2H])[2H])c1[2H]. The van der Waals surface area contributed by atoms with Crippen molar-refractivity contribution in [3.63, 3.8) is 0 Å². The van der Waals surface area contributed by atoms with Crippen LogP contribution >= 0.6 is 15.9 Å². The second kappa shape index (κ2) is 4.26. The van der Waals surface area contributed by atoms with Crippen LogP contribution in [-0.4, -0.2) is 23.2 Å². The van der Waals surface area contributed by atoms with Gasteiger partial charge in [-0.2, -0.15) is 0 Å². The maximum absolute atomic E-state index is 8.13. The first-order chi connectivity index (χ1) is 12.2. The molecular formula is C10H14BrN3. The third-order valence-corrected chi connectivity index (χ3v) is 1.66. The maximum atomic E-state index is 8.13. The van der Waals surface area contributed by atoms with Crippen LogP contribution in [0.15, 0.2) is 16.7 Å². The van der Waals surface area contributed by atoms with Gasteiger partial charge in [-0.05, 0) is 46.7 Å². The van der Waals surface area contributed by atoms with Crippen molar-refractivity contribution in [2.75, 3.05) is 17.9 Å². The molecule has 1 aliphatic rings. The lowest BCUT2D eigenvalue weighted by Gasteiger charge is -2.30. The highest BCUT2D eigenvalue weighted by atomic mass is 79.9. The van der Waals surface area contributed by atoms with E-state index in [0.717, 1.165) is 0 Å². The lowest BCUT2D eigenvalue weighted by Crippen LogP contribution is -2.33. The number of anilines is 1. The summed E-state index contributed by atoms with van der Waals surface area (Å²) >= 11 is 2.81. The zero-order valence-electron chi connectivity index (χ0n) is 20.7. The minimum Gasteiger partial charge on any atom is -0.355 e. The lowest BCUT2D eigenvalue weighted by molar-refractivity contribution is 0.436. The molecule has 0 radical (unpaired) electrons. The fourth-order valence-corrected chi connectivity index (χ4v) is 0.916. The summed E-state index contributed by atoms with van der Waals surface area (Å²) < 4.78 is 111. The maximum Gasteiger partial charge on any atom is 0.151 e. The van der Waals surface area contributed by atoms with Gasteiger partial charge in [-0.25, -0.2) is 0 Å². The van der Waals surface area contributed by atoms with E-state index in [2.05, 4.69) is 26.1 Å². The van der Waals surface area contributed by atoms with E-state index in [9.17, 15) is 0 Å². The highest BCUT2D eigenvalue weighted by Gasteiger charge is 2.16. The Morgan fingerprint density at radius 1 is 1.64 bits per heavy atom. The van der Waals surface area contributed by atoms with Gasteiger partial charge < -0.3 is 4.90 Å². The minimum absolute atomic E-state index is 0.182. The van der Waals surface area contributed by atoms with Gasteiger partial charge in [-0.1, -0.05) is 6.85 Å². The van der Waals surface area contributed by atoms with Crippen LogP contribution < -0.4 is 4.90 Å². The molecule has 1 aliphatic heterocycles. The summed E-state index contributed by atoms with van der Waals surface area (Å²) in [5.74, 6) is -4.88. The largest absolute Gasteiger partial charge is 0.355 e. The van der Waals surface area contributed by atoms with Crippen molar-refractivity contribution in [3.05, 3.63) is 16.7 Å². The zero-order valence-corrected chi connectivity index (χ0v) is 8.31. The Hall–Kier alpha value is -0.640. The van der Waals surface area contributed by atoms with E-state index in [0.29, 0.717) is 0 Å². The normalized spacial score (nSPS) is 50.8. The third kappa shape index (κ3) is 2.23. The molecule has 14 heavy (non-hydrogen) atoms. The minimum atomic E-state index is -3.87. The van der Waals surface area contributed by atoms with Gasteiger partial charge in [0.05, 0.1) is 2.74 Å². The van der Waals surface area contributed by atoms with Crippen LogP contribution in [0.5, 0.6) is 0 Å². The number of rotatable bonds is 1. The standard InChI is InChI=1S/C10H14BrN3/c1-8-4-6-14(7-5-8)10-3-2-9(11)12-13-10/h2-3,8H,4-7H2,1H3/i1D3,2D,3D,4D2,5D2,6D2,7D2,8D. The second-order valence-corrected chi connectivity index (χ2v) is 3.00. The topological polar surface area (TPSA) is 29.0 Å². The molecule has 0 bridgehead atoms. The van der Waals surface area contributed by atoms with Crippen molar-refractivity contribution in [1.29, 1.82) is 0 Å². The summed E-state index contributed by atoms with van der Waals surface area (Å²) in [4.78, 5) is -0.182. The second-order valence-electron chi connectivity index (χ2n) is 2.25. The van der Waals surface area contributed by atoms with Gasteiger partial charge in [0.15, 0.2) is 5.82 Å². The Balaban J connectivity index is 2.95. The Kier molecular flexibility index (Phi) is 0.771. The average molecular weight is 270 g/mol. The Morgan fingerprint density at radius 3 is 3.14 bits per heavy atom. The van der Waals surface area contributed by atoms with Crippen molar-refractivity contribution in [2.24, 2.45) is 5.89 Å². The van der Waals surface area contributed by atoms with Crippen LogP contribution in [0.25, 0.3) is 0 Å². The first-order valence-corrected chi connectivity index (χ1v) is 4.30. The summed E-state index contributed by atoms with van der Waals surface area (Å²) in [5.41, 5.74) is 0. The lowest BCUT2D eigenvalue weighted by atomic mass is 9.99. The number of hydrogen-bond donors (Lipinski definition) is 0. The molecule has 0 atom stereocenters. The Labute approximate surface area is 112 Å². The van der Waals surface area contributed by atoms with E-state index in [1.54, 1.807) is 0 Å². The number of hydrogen-bond acceptors (Lipinski definition) is 3. The van der Waals surface area contributed by atoms with Gasteiger partial charge in [0, 0.05) is 29.4 Å². The monoisotopic (exact) mass is 269 g/mol. The van der Waals surface area contributed by atoms with Gasteiger partial charge in [-0.15, -0.1) is 10.2 Å². The van der Waals surface area contributed by atoms with Crippen LogP contribution in [0.2, 0.25) is 0 Å². The van der Waals surface area contributed by atoms with E-state index in [1.807, 2.05) is 0 Å². The van der Waals surface area contributed by atoms with Crippen LogP contribution in [-0.2, 0) is 0 Å². The van der Waals surface area contributed by atoms with E-state index < -0.39 is 56.4 Å². The van der Waals surface area contributed by atoms with Crippen molar-refractivity contribution < 1.29 is 19.2 Å². The van der Waals surface area contributed by atoms with E-state index in [-0.39, 0.29) is 9.50 Å². The van der Waals surface area contributed by atoms with Gasteiger partial charge in [0.2, 0.25) is 0 Å². The molecule has 1 aromatic heterocycles. The van der Waals surface area contributed by atoms with E-state index in [1.165, 1.54) is 0 Å². The number of nitrogens with zero attached hydrogens (tertiary/aromatic N) is 3. The van der Waals surface area contributed by atoms with Gasteiger partial charge in [-0.3, -0.25) is 0 Å². The average Bonchev–Trinajstić information content (AvgIpc) is 2.51. The fourth-order valence-electron chi connectivity index (χ4n) is 0.738. The first kappa shape index (κ1) is 2.54. The van der Waals surface area contributed by atoms with Crippen molar-refractivity contribution in [1.82, 2.24) is 10.2 Å². The third-order valence-electron chi connectivity index (χ3n) is 1.31. The van der Waals surface area contributed by atoms with Crippen LogP contribution in [0.3, 0.4) is 0 Å². The molecule has 0 saturated carbocycles. The predicted molar refractivity (Wildman–Crippen MR) is 60.3 cm³/mol. The quantitative estimate of drug-likeness (QED) is 0.785. The molecule has 0 aromatic carbocycles. The van der Waals surface area contributed by atoms with Gasteiger partial charge in [0.25, 0.3) is 0 Å². The molecule has 0 spiro atoms. The molecule has 4 heteroatoms. The number of aromatic nitrogens is 2. The smallest absolute Gasteiger partial charge is 0.151 e. The summed E-state index contributed by atoms with van der Waals surface area (Å²) in [5, 5.41) is 6.81. The molecule has 0 N–H and O–H groups in total. The Bertz CT molecular complexity index is 777. The number of halogens is 1. The molecule has 1 aromatic rings. The molecule has 0 aliphatic carbocycles. The van der Waals surface area contributed by atoms with Crippen molar-refractivity contribution in [3.8, 4) is 0 Å². The van der Waals surface area contributed by atoms with Gasteiger partial charge in [0.1, 0.15) is 4.60 Å². The zero-order chi connectivity index (χ0) is 22.3. The van der Waals surface area contributed by atoms with Crippen LogP contribution in [0, 0.1) is 5.89 Å². The molecule has 1 saturated heterocycles. The molecule has 0 amide bonds. The molecule has 1 fully saturated rings. The predicted octanol–water partition coefficient (Wildman–Crippen LogP) is 2.48. The summed E-state index contributed by atoms with van der Waals surface area (Å²) in [6.45, 7) is -11.1. The highest BCUT2D eigenvalue weighted by molar-refractivity contribution is 9.10. The molecule has 2 rings (SSSR count). The molecule has 2 heterocycles. The van der Waals surface area contributed by atoms with Crippen molar-refractivity contribution in [2.45, 2.75) is 19.6 Å². The summed E-state index contributed by atoms with van der Waals surface area (Å²) in [6.07, 6.45) is -7.63. The van der Waals surface area contributed by atoms with Gasteiger partial charge >= 0.3 is 0 Å². The van der Waals surface area contributed by atoms with Crippen LogP contribution in [0.4, 0.5) is 5.82 Å². The van der Waals surface area contributed by atoms with E-state index in [4.69, 9.17) is 19.2 Å². The fraction of sp³-hybridized carbons (Fsp3) is 0.600. The molecule has 0 unspecified atom stereocenters. The van der Waals surface area contributed by atoms with Crippen LogP contribution in [0.1, 0.15) is 38.8 Å². The Morgan fingerprint density at radius 2 is 2.43 bits per heavy atom. The van der Waals surface area contributed by atoms with Crippen molar-refractivity contribution >= 4 is 21.7 Å². The highest BCUT2D eigenvalue weighted by Crippen LogP contribution is 2.21. The summed E-state index contributed by atoms with van der Waals surface area (Å²) in [6, 6.07) is -1.55. The molecule has 3 nitrogen and oxygen atoms in total. The first-order valence-electron chi connectivity index (χ1n) is 10.5. The molecular weight excluding hydrogens is 242 g/mol.